The number of nitrogens with zero attached hydrogens (tertiary/aromatic N) is 4. The molecule has 0 spiro atoms. The highest BCUT2D eigenvalue weighted by Gasteiger charge is 2.35. The quantitative estimate of drug-likeness (QED) is 0.666. The minimum Gasteiger partial charge on any atom is -0.469 e. The number of rotatable bonds is 6. The summed E-state index contributed by atoms with van der Waals surface area (Å²) in [5.74, 6) is 0.760. The lowest BCUT2D eigenvalue weighted by molar-refractivity contribution is -0.157. The van der Waals surface area contributed by atoms with Crippen LogP contribution in [0, 0.1) is 18.8 Å². The van der Waals surface area contributed by atoms with Crippen molar-refractivity contribution in [1.82, 2.24) is 20.2 Å². The third-order valence-corrected chi connectivity index (χ3v) is 4.84. The van der Waals surface area contributed by atoms with Gasteiger partial charge in [-0.1, -0.05) is 0 Å². The summed E-state index contributed by atoms with van der Waals surface area (Å²) in [4.78, 5) is 35.8. The summed E-state index contributed by atoms with van der Waals surface area (Å²) in [5.41, 5.74) is 0.219. The summed E-state index contributed by atoms with van der Waals surface area (Å²) in [6.07, 6.45) is 2.41. The van der Waals surface area contributed by atoms with Gasteiger partial charge in [0, 0.05) is 30.9 Å². The van der Waals surface area contributed by atoms with Crippen LogP contribution in [0.4, 0.5) is 17.6 Å². The molecule has 0 unspecified atom stereocenters. The second-order valence-corrected chi connectivity index (χ2v) is 8.81. The number of anilines is 3. The molecule has 31 heavy (non-hydrogen) atoms. The number of ether oxygens (including phenoxy) is 2. The van der Waals surface area contributed by atoms with Gasteiger partial charge in [0.15, 0.2) is 0 Å². The van der Waals surface area contributed by atoms with Crippen LogP contribution in [0.15, 0.2) is 18.3 Å². The summed E-state index contributed by atoms with van der Waals surface area (Å²) >= 11 is 0. The van der Waals surface area contributed by atoms with Crippen molar-refractivity contribution in [2.45, 2.75) is 46.1 Å². The molecule has 10 nitrogen and oxygen atoms in total. The van der Waals surface area contributed by atoms with E-state index < -0.39 is 5.60 Å². The number of esters is 2. The van der Waals surface area contributed by atoms with Crippen molar-refractivity contribution in [3.8, 4) is 0 Å². The number of hydrogen-bond donors (Lipinski definition) is 2. The number of aromatic nitrogens is 4. The van der Waals surface area contributed by atoms with Crippen LogP contribution in [-0.4, -0.2) is 57.9 Å². The zero-order chi connectivity index (χ0) is 22.6. The Hall–Kier alpha value is -3.17. The van der Waals surface area contributed by atoms with Gasteiger partial charge in [0.25, 0.3) is 0 Å². The Morgan fingerprint density at radius 3 is 2.71 bits per heavy atom. The number of methoxy groups -OCH3 is 1. The lowest BCUT2D eigenvalue weighted by atomic mass is 9.87. The zero-order valence-corrected chi connectivity index (χ0v) is 18.6. The molecule has 0 saturated carbocycles. The summed E-state index contributed by atoms with van der Waals surface area (Å²) in [5, 5.41) is 9.91. The van der Waals surface area contributed by atoms with Crippen molar-refractivity contribution in [3.63, 3.8) is 0 Å². The summed E-state index contributed by atoms with van der Waals surface area (Å²) in [6, 6.07) is 3.62. The van der Waals surface area contributed by atoms with E-state index in [4.69, 9.17) is 9.47 Å². The normalized spacial score (nSPS) is 19.1. The molecule has 10 heteroatoms. The Labute approximate surface area is 181 Å². The van der Waals surface area contributed by atoms with E-state index >= 15 is 0 Å². The predicted octanol–water partition coefficient (Wildman–Crippen LogP) is 2.60. The fourth-order valence-corrected chi connectivity index (χ4v) is 3.69. The lowest BCUT2D eigenvalue weighted by Crippen LogP contribution is -2.45. The molecule has 1 saturated heterocycles. The van der Waals surface area contributed by atoms with Crippen molar-refractivity contribution >= 4 is 29.5 Å². The van der Waals surface area contributed by atoms with Gasteiger partial charge in [-0.25, -0.2) is 4.98 Å². The first-order valence-electron chi connectivity index (χ1n) is 10.3. The SMILES string of the molecule is COC(=O)[C@@H]1C[C@@H](CC(=O)OC(C)(C)C)CN(c2nc(C)cc(Nc3ccn[nH]3)n2)C1. The van der Waals surface area contributed by atoms with Gasteiger partial charge < -0.3 is 19.7 Å². The number of nitrogens with one attached hydrogen (secondary N) is 2. The maximum Gasteiger partial charge on any atom is 0.310 e. The largest absolute Gasteiger partial charge is 0.469 e. The van der Waals surface area contributed by atoms with E-state index in [-0.39, 0.29) is 30.2 Å². The Morgan fingerprint density at radius 1 is 1.29 bits per heavy atom. The molecule has 168 valence electrons. The van der Waals surface area contributed by atoms with Crippen LogP contribution in [-0.2, 0) is 19.1 Å². The monoisotopic (exact) mass is 430 g/mol. The van der Waals surface area contributed by atoms with E-state index in [0.29, 0.717) is 37.1 Å². The zero-order valence-electron chi connectivity index (χ0n) is 18.6. The number of carbonyl (C=O) groups excluding carboxylic acids is 2. The summed E-state index contributed by atoms with van der Waals surface area (Å²) < 4.78 is 10.5. The average Bonchev–Trinajstić information content (AvgIpc) is 3.18. The average molecular weight is 431 g/mol. The first-order valence-corrected chi connectivity index (χ1v) is 10.3. The number of aryl methyl sites for hydroxylation is 1. The summed E-state index contributed by atoms with van der Waals surface area (Å²) in [7, 11) is 1.37. The third-order valence-electron chi connectivity index (χ3n) is 4.84. The molecule has 0 aromatic carbocycles. The van der Waals surface area contributed by atoms with Gasteiger partial charge in [-0.2, -0.15) is 10.1 Å². The molecule has 1 fully saturated rings. The topological polar surface area (TPSA) is 122 Å². The number of carbonyl (C=O) groups is 2. The van der Waals surface area contributed by atoms with Crippen LogP contribution in [0.1, 0.15) is 39.3 Å². The van der Waals surface area contributed by atoms with Crippen LogP contribution in [0.25, 0.3) is 0 Å². The molecule has 2 aromatic heterocycles. The van der Waals surface area contributed by atoms with Crippen molar-refractivity contribution < 1.29 is 19.1 Å². The van der Waals surface area contributed by atoms with E-state index in [1.165, 1.54) is 7.11 Å². The van der Waals surface area contributed by atoms with Crippen molar-refractivity contribution in [3.05, 3.63) is 24.0 Å². The second-order valence-electron chi connectivity index (χ2n) is 8.81. The third kappa shape index (κ3) is 6.40. The van der Waals surface area contributed by atoms with Crippen LogP contribution >= 0.6 is 0 Å². The second kappa shape index (κ2) is 9.32. The van der Waals surface area contributed by atoms with E-state index in [1.54, 1.807) is 12.3 Å². The van der Waals surface area contributed by atoms with Crippen LogP contribution in [0.3, 0.4) is 0 Å². The Bertz CT molecular complexity index is 909. The molecule has 0 bridgehead atoms. The first-order chi connectivity index (χ1) is 14.6. The Kier molecular flexibility index (Phi) is 6.77. The van der Waals surface area contributed by atoms with E-state index in [2.05, 4.69) is 25.5 Å². The smallest absolute Gasteiger partial charge is 0.310 e. The van der Waals surface area contributed by atoms with Gasteiger partial charge in [-0.05, 0) is 40.0 Å². The highest BCUT2D eigenvalue weighted by atomic mass is 16.6. The molecule has 0 amide bonds. The minimum absolute atomic E-state index is 0.0826. The molecule has 1 aliphatic rings. The van der Waals surface area contributed by atoms with E-state index in [1.807, 2.05) is 38.7 Å². The number of aromatic amines is 1. The maximum absolute atomic E-state index is 12.4. The highest BCUT2D eigenvalue weighted by Crippen LogP contribution is 2.29. The van der Waals surface area contributed by atoms with Crippen LogP contribution in [0.2, 0.25) is 0 Å². The van der Waals surface area contributed by atoms with Crippen LogP contribution in [0.5, 0.6) is 0 Å². The van der Waals surface area contributed by atoms with E-state index in [0.717, 1.165) is 5.69 Å². The van der Waals surface area contributed by atoms with E-state index in [9.17, 15) is 9.59 Å². The van der Waals surface area contributed by atoms with Crippen molar-refractivity contribution in [2.75, 3.05) is 30.4 Å². The fourth-order valence-electron chi connectivity index (χ4n) is 3.69. The molecule has 3 rings (SSSR count). The van der Waals surface area contributed by atoms with Gasteiger partial charge in [-0.15, -0.1) is 0 Å². The Morgan fingerprint density at radius 2 is 2.06 bits per heavy atom. The van der Waals surface area contributed by atoms with Crippen molar-refractivity contribution in [2.24, 2.45) is 11.8 Å². The molecule has 0 aliphatic carbocycles. The lowest BCUT2D eigenvalue weighted by Gasteiger charge is -2.36. The molecule has 2 N–H and O–H groups in total. The standard InChI is InChI=1S/C21H30N6O4/c1-13-8-17(24-16-6-7-22-26-16)25-20(23-13)27-11-14(9-15(12-27)19(29)30-5)10-18(28)31-21(2,3)4/h6-8,14-15H,9-12H2,1-5H3,(H2,22,23,24,25,26)/t14-,15+/m0/s1. The fraction of sp³-hybridized carbons (Fsp3) is 0.571. The van der Waals surface area contributed by atoms with Gasteiger partial charge in [0.1, 0.15) is 17.2 Å². The molecule has 0 radical (unpaired) electrons. The van der Waals surface area contributed by atoms with Gasteiger partial charge in [-0.3, -0.25) is 14.7 Å². The molecule has 3 heterocycles. The first kappa shape index (κ1) is 22.5. The molecule has 2 atom stereocenters. The van der Waals surface area contributed by atoms with Crippen LogP contribution < -0.4 is 10.2 Å². The van der Waals surface area contributed by atoms with Gasteiger partial charge in [0.05, 0.1) is 25.6 Å². The van der Waals surface area contributed by atoms with Gasteiger partial charge in [0.2, 0.25) is 5.95 Å². The van der Waals surface area contributed by atoms with Crippen molar-refractivity contribution in [1.29, 1.82) is 0 Å². The van der Waals surface area contributed by atoms with Gasteiger partial charge >= 0.3 is 11.9 Å². The molecular formula is C21H30N6O4. The maximum atomic E-state index is 12.4. The molecular weight excluding hydrogens is 400 g/mol. The number of hydrogen-bond acceptors (Lipinski definition) is 9. The minimum atomic E-state index is -0.555. The Balaban J connectivity index is 1.80. The number of piperidine rings is 1. The predicted molar refractivity (Wildman–Crippen MR) is 115 cm³/mol. The molecule has 2 aromatic rings. The highest BCUT2D eigenvalue weighted by molar-refractivity contribution is 5.74. The number of H-pyrrole nitrogens is 1. The summed E-state index contributed by atoms with van der Waals surface area (Å²) in [6.45, 7) is 8.35. The molecule has 1 aliphatic heterocycles.